The fraction of sp³-hybridized carbons (Fsp3) is 0.688. The number of thiol groups is 1. The van der Waals surface area contributed by atoms with Crippen molar-refractivity contribution in [2.45, 2.75) is 64.3 Å². The summed E-state index contributed by atoms with van der Waals surface area (Å²) in [7, 11) is 9.90. The standard InChI is InChI=1S/C15H28N6O3S.C10H23N5OS.C5H5NO2.2CH4/c1-17-15(18-2)20-6-4-5-10(16)13(23)19-7-8-25-11-9-12(22)21(3)14(11)24;1-12-10(13-2)15-5-3-4-8(11)9(16)14-6-7-17;1-6-4(7)2-3-5(6)8;;/h10-11H,4-9,16H2,1-3H3,(H,19,23)(H2,17,18,20);8,17H,3-7,11H2,1-2H3,(H,14,16)(H2,12,13,15);2-3H,1H3;2*1H4. The second-order valence-electron chi connectivity index (χ2n) is 10.7. The lowest BCUT2D eigenvalue weighted by atomic mass is 10.1. The monoisotopic (exact) mass is 776 g/mol. The van der Waals surface area contributed by atoms with Crippen LogP contribution in [0.1, 0.15) is 47.0 Å². The van der Waals surface area contributed by atoms with Crippen LogP contribution >= 0.6 is 24.4 Å². The van der Waals surface area contributed by atoms with E-state index in [4.69, 9.17) is 11.5 Å². The normalized spacial score (nSPS) is 16.3. The Morgan fingerprint density at radius 1 is 0.808 bits per heavy atom. The van der Waals surface area contributed by atoms with Crippen LogP contribution in [0.2, 0.25) is 0 Å². The molecule has 2 aliphatic heterocycles. The van der Waals surface area contributed by atoms with Gasteiger partial charge in [0, 0.05) is 98.5 Å². The lowest BCUT2D eigenvalue weighted by molar-refractivity contribution is -0.137. The topological polar surface area (TPSA) is 258 Å². The molecule has 0 radical (unpaired) electrons. The van der Waals surface area contributed by atoms with E-state index in [2.05, 4.69) is 54.5 Å². The molecule has 0 aromatic heterocycles. The maximum atomic E-state index is 11.9. The summed E-state index contributed by atoms with van der Waals surface area (Å²) in [4.78, 5) is 77.5. The van der Waals surface area contributed by atoms with E-state index in [9.17, 15) is 28.8 Å². The Labute approximate surface area is 319 Å². The van der Waals surface area contributed by atoms with Crippen molar-refractivity contribution in [3.05, 3.63) is 12.2 Å². The van der Waals surface area contributed by atoms with E-state index in [0.717, 1.165) is 35.1 Å². The van der Waals surface area contributed by atoms with E-state index in [1.54, 1.807) is 28.2 Å². The highest BCUT2D eigenvalue weighted by Crippen LogP contribution is 2.23. The number of guanidine groups is 2. The number of hydrogen-bond acceptors (Lipinski definition) is 12. The second-order valence-corrected chi connectivity index (χ2v) is 12.5. The molecular weight excluding hydrogens is 713 g/mol. The molecular formula is C32H64N12O6S2. The van der Waals surface area contributed by atoms with E-state index >= 15 is 0 Å². The highest BCUT2D eigenvalue weighted by Gasteiger charge is 2.36. The zero-order chi connectivity index (χ0) is 38.1. The number of carbonyl (C=O) groups is 6. The average Bonchev–Trinajstić information content (AvgIpc) is 3.54. The SMILES string of the molecule is C.C.CN1C(=O)C=CC1=O.CN=C(NC)NCCCC(N)C(=O)NCCS.CN=C(NC)NCCCC(N)C(=O)NCCSC1CC(=O)N(C)C1=O. The molecule has 2 aliphatic rings. The van der Waals surface area contributed by atoms with E-state index < -0.39 is 12.1 Å². The molecule has 300 valence electrons. The first kappa shape index (κ1) is 52.5. The fourth-order valence-electron chi connectivity index (χ4n) is 4.02. The molecule has 52 heavy (non-hydrogen) atoms. The van der Waals surface area contributed by atoms with Crippen molar-refractivity contribution in [1.82, 2.24) is 41.7 Å². The Kier molecular flexibility index (Phi) is 31.0. The molecule has 0 aromatic carbocycles. The van der Waals surface area contributed by atoms with Gasteiger partial charge in [-0.05, 0) is 25.7 Å². The Balaban J connectivity index is -0.000000767. The van der Waals surface area contributed by atoms with Crippen LogP contribution < -0.4 is 43.4 Å². The van der Waals surface area contributed by atoms with Gasteiger partial charge in [-0.15, -0.1) is 11.8 Å². The first-order valence-corrected chi connectivity index (χ1v) is 17.8. The Bertz CT molecular complexity index is 1190. The summed E-state index contributed by atoms with van der Waals surface area (Å²) in [6, 6.07) is -1.02. The predicted octanol–water partition coefficient (Wildman–Crippen LogP) is -1.76. The third-order valence-electron chi connectivity index (χ3n) is 7.06. The van der Waals surface area contributed by atoms with Crippen LogP contribution in [0.15, 0.2) is 22.1 Å². The molecule has 0 bridgehead atoms. The molecule has 18 nitrogen and oxygen atoms in total. The molecule has 2 rings (SSSR count). The molecule has 3 unspecified atom stereocenters. The van der Waals surface area contributed by atoms with Crippen molar-refractivity contribution >= 4 is 71.8 Å². The first-order valence-electron chi connectivity index (χ1n) is 16.1. The molecule has 1 saturated heterocycles. The van der Waals surface area contributed by atoms with E-state index in [0.29, 0.717) is 49.9 Å². The smallest absolute Gasteiger partial charge is 0.253 e. The van der Waals surface area contributed by atoms with Crippen molar-refractivity contribution in [2.75, 3.05) is 80.0 Å². The molecule has 1 fully saturated rings. The zero-order valence-corrected chi connectivity index (χ0v) is 31.6. The van der Waals surface area contributed by atoms with Crippen LogP contribution in [0.25, 0.3) is 0 Å². The number of hydrogen-bond donors (Lipinski definition) is 9. The number of aliphatic imine (C=N–C) groups is 2. The Morgan fingerprint density at radius 2 is 1.25 bits per heavy atom. The summed E-state index contributed by atoms with van der Waals surface area (Å²) in [5.74, 6) is 1.50. The summed E-state index contributed by atoms with van der Waals surface area (Å²) in [5, 5.41) is 17.1. The number of likely N-dealkylation sites (tertiary alicyclic amines) is 1. The number of rotatable bonds is 16. The van der Waals surface area contributed by atoms with E-state index in [1.165, 1.54) is 38.0 Å². The van der Waals surface area contributed by atoms with Crippen LogP contribution in [0.4, 0.5) is 0 Å². The number of amides is 6. The van der Waals surface area contributed by atoms with Crippen molar-refractivity contribution in [2.24, 2.45) is 21.5 Å². The van der Waals surface area contributed by atoms with Gasteiger partial charge in [-0.1, -0.05) is 14.9 Å². The summed E-state index contributed by atoms with van der Waals surface area (Å²) < 4.78 is 0. The minimum absolute atomic E-state index is 0. The lowest BCUT2D eigenvalue weighted by Crippen LogP contribution is -2.42. The summed E-state index contributed by atoms with van der Waals surface area (Å²) in [6.45, 7) is 2.39. The van der Waals surface area contributed by atoms with Gasteiger partial charge in [0.05, 0.1) is 17.3 Å². The van der Waals surface area contributed by atoms with E-state index in [-0.39, 0.29) is 62.0 Å². The van der Waals surface area contributed by atoms with Gasteiger partial charge in [0.1, 0.15) is 0 Å². The third kappa shape index (κ3) is 21.5. The predicted molar refractivity (Wildman–Crippen MR) is 214 cm³/mol. The van der Waals surface area contributed by atoms with Gasteiger partial charge >= 0.3 is 0 Å². The largest absolute Gasteiger partial charge is 0.359 e. The summed E-state index contributed by atoms with van der Waals surface area (Å²) in [6.07, 6.45) is 5.51. The second kappa shape index (κ2) is 30.7. The molecule has 2 heterocycles. The number of likely N-dealkylation sites (N-methyl/N-ethyl adjacent to an activating group) is 1. The molecule has 20 heteroatoms. The fourth-order valence-corrected chi connectivity index (χ4v) is 5.20. The van der Waals surface area contributed by atoms with Crippen LogP contribution in [-0.2, 0) is 28.8 Å². The maximum absolute atomic E-state index is 11.9. The molecule has 0 saturated carbocycles. The van der Waals surface area contributed by atoms with Gasteiger partial charge in [0.15, 0.2) is 11.9 Å². The lowest BCUT2D eigenvalue weighted by Gasteiger charge is -2.14. The number of nitrogens with one attached hydrogen (secondary N) is 6. The number of nitrogens with zero attached hydrogens (tertiary/aromatic N) is 4. The van der Waals surface area contributed by atoms with E-state index in [1.807, 2.05) is 0 Å². The van der Waals surface area contributed by atoms with Crippen LogP contribution in [0.3, 0.4) is 0 Å². The van der Waals surface area contributed by atoms with Crippen LogP contribution in [0, 0.1) is 0 Å². The number of imide groups is 2. The summed E-state index contributed by atoms with van der Waals surface area (Å²) >= 11 is 5.39. The average molecular weight is 777 g/mol. The summed E-state index contributed by atoms with van der Waals surface area (Å²) in [5.41, 5.74) is 11.6. The van der Waals surface area contributed by atoms with Crippen molar-refractivity contribution in [3.8, 4) is 0 Å². The van der Waals surface area contributed by atoms with Gasteiger partial charge in [-0.2, -0.15) is 12.6 Å². The number of nitrogens with two attached hydrogens (primary N) is 2. The zero-order valence-electron chi connectivity index (χ0n) is 29.9. The van der Waals surface area contributed by atoms with Gasteiger partial charge < -0.3 is 43.4 Å². The van der Waals surface area contributed by atoms with Crippen molar-refractivity contribution in [3.63, 3.8) is 0 Å². The van der Waals surface area contributed by atoms with Crippen LogP contribution in [-0.4, -0.2) is 154 Å². The number of thioether (sulfide) groups is 1. The number of carbonyl (C=O) groups excluding carboxylic acids is 6. The molecule has 0 aliphatic carbocycles. The van der Waals surface area contributed by atoms with Crippen LogP contribution in [0.5, 0.6) is 0 Å². The highest BCUT2D eigenvalue weighted by atomic mass is 32.2. The minimum Gasteiger partial charge on any atom is -0.359 e. The molecule has 0 spiro atoms. The van der Waals surface area contributed by atoms with Gasteiger partial charge in [0.2, 0.25) is 23.6 Å². The molecule has 10 N–H and O–H groups in total. The maximum Gasteiger partial charge on any atom is 0.253 e. The van der Waals surface area contributed by atoms with Crippen molar-refractivity contribution < 1.29 is 28.8 Å². The van der Waals surface area contributed by atoms with Gasteiger partial charge in [-0.25, -0.2) is 0 Å². The molecule has 0 aromatic rings. The first-order chi connectivity index (χ1) is 23.8. The highest BCUT2D eigenvalue weighted by molar-refractivity contribution is 8.00. The van der Waals surface area contributed by atoms with Gasteiger partial charge in [-0.3, -0.25) is 48.6 Å². The Hall–Kier alpha value is -3.88. The molecule has 3 atom stereocenters. The minimum atomic E-state index is -0.566. The third-order valence-corrected chi connectivity index (χ3v) is 8.50. The van der Waals surface area contributed by atoms with Crippen molar-refractivity contribution in [1.29, 1.82) is 0 Å². The van der Waals surface area contributed by atoms with Gasteiger partial charge in [0.25, 0.3) is 11.8 Å². The quantitative estimate of drug-likeness (QED) is 0.0277. The molecule has 6 amide bonds. The Morgan fingerprint density at radius 3 is 1.58 bits per heavy atom.